The summed E-state index contributed by atoms with van der Waals surface area (Å²) in [7, 11) is 0. The fourth-order valence-corrected chi connectivity index (χ4v) is 1.49. The van der Waals surface area contributed by atoms with Crippen molar-refractivity contribution in [1.29, 1.82) is 0 Å². The minimum Gasteiger partial charge on any atom is -0.391 e. The Balaban J connectivity index is 3.38. The molecule has 3 nitrogen and oxygen atoms in total. The van der Waals surface area contributed by atoms with E-state index in [4.69, 9.17) is 5.11 Å². The second-order valence-electron chi connectivity index (χ2n) is 4.08. The number of allylic oxidation sites excluding steroid dienone is 1. The van der Waals surface area contributed by atoms with Gasteiger partial charge in [-0.25, -0.2) is 0 Å². The number of hydrogen-bond acceptors (Lipinski definition) is 3. The third-order valence-corrected chi connectivity index (χ3v) is 2.55. The molecule has 0 aromatic rings. The summed E-state index contributed by atoms with van der Waals surface area (Å²) in [5, 5.41) is 27.8. The number of unbranched alkanes of at least 4 members (excludes halogenated alkanes) is 4. The number of aliphatic hydroxyl groups excluding tert-OH is 3. The Hall–Kier alpha value is -0.380. The van der Waals surface area contributed by atoms with Crippen LogP contribution in [0.4, 0.5) is 0 Å². The quantitative estimate of drug-likeness (QED) is 0.405. The van der Waals surface area contributed by atoms with Gasteiger partial charge in [-0.05, 0) is 26.2 Å². The smallest absolute Gasteiger partial charge is 0.105 e. The van der Waals surface area contributed by atoms with Crippen molar-refractivity contribution in [2.75, 3.05) is 0 Å². The second kappa shape index (κ2) is 8.89. The molecule has 0 aliphatic heterocycles. The Labute approximate surface area is 92.4 Å². The van der Waals surface area contributed by atoms with Crippen LogP contribution in [-0.2, 0) is 0 Å². The maximum absolute atomic E-state index is 9.46. The first-order chi connectivity index (χ1) is 7.09. The van der Waals surface area contributed by atoms with Crippen LogP contribution in [0.5, 0.6) is 0 Å². The third kappa shape index (κ3) is 7.54. The maximum Gasteiger partial charge on any atom is 0.105 e. The molecule has 3 N–H and O–H groups in total. The van der Waals surface area contributed by atoms with Gasteiger partial charge in [0.05, 0.1) is 12.2 Å². The van der Waals surface area contributed by atoms with E-state index in [0.29, 0.717) is 6.42 Å². The van der Waals surface area contributed by atoms with Crippen molar-refractivity contribution >= 4 is 0 Å². The van der Waals surface area contributed by atoms with Gasteiger partial charge in [-0.15, -0.1) is 6.58 Å². The molecule has 0 aliphatic rings. The molecule has 0 aromatic carbocycles. The monoisotopic (exact) mass is 216 g/mol. The average molecular weight is 216 g/mol. The first-order valence-corrected chi connectivity index (χ1v) is 5.74. The molecule has 90 valence electrons. The van der Waals surface area contributed by atoms with Gasteiger partial charge < -0.3 is 15.3 Å². The van der Waals surface area contributed by atoms with Crippen LogP contribution >= 0.6 is 0 Å². The molecule has 0 bridgehead atoms. The largest absolute Gasteiger partial charge is 0.391 e. The lowest BCUT2D eigenvalue weighted by atomic mass is 10.0. The lowest BCUT2D eigenvalue weighted by molar-refractivity contribution is -0.0550. The van der Waals surface area contributed by atoms with E-state index in [1.165, 1.54) is 6.92 Å². The number of rotatable bonds is 9. The van der Waals surface area contributed by atoms with E-state index in [2.05, 4.69) is 6.58 Å². The summed E-state index contributed by atoms with van der Waals surface area (Å²) in [6, 6.07) is 0. The van der Waals surface area contributed by atoms with Gasteiger partial charge in [0.2, 0.25) is 0 Å². The highest BCUT2D eigenvalue weighted by molar-refractivity contribution is 4.72. The SMILES string of the molecule is C=CCCCCCC[C@@H](O)[C@H](O)[C@@H](C)O. The fraction of sp³-hybridized carbons (Fsp3) is 0.833. The zero-order chi connectivity index (χ0) is 11.7. The standard InChI is InChI=1S/C12H24O3/c1-3-4-5-6-7-8-9-11(14)12(15)10(2)13/h3,10-15H,1,4-9H2,2H3/t10-,11-,12-/m1/s1. The van der Waals surface area contributed by atoms with Crippen LogP contribution in [0.25, 0.3) is 0 Å². The summed E-state index contributed by atoms with van der Waals surface area (Å²) in [5.41, 5.74) is 0. The first-order valence-electron chi connectivity index (χ1n) is 5.74. The Morgan fingerprint density at radius 1 is 1.07 bits per heavy atom. The van der Waals surface area contributed by atoms with Gasteiger partial charge in [-0.3, -0.25) is 0 Å². The molecule has 0 heterocycles. The summed E-state index contributed by atoms with van der Waals surface area (Å²) in [6.07, 6.45) is 5.04. The molecular weight excluding hydrogens is 192 g/mol. The zero-order valence-electron chi connectivity index (χ0n) is 9.60. The van der Waals surface area contributed by atoms with E-state index in [9.17, 15) is 10.2 Å². The lowest BCUT2D eigenvalue weighted by Gasteiger charge is -2.19. The minimum atomic E-state index is -1.02. The molecule has 0 aromatic heterocycles. The first kappa shape index (κ1) is 14.6. The highest BCUT2D eigenvalue weighted by Crippen LogP contribution is 2.11. The van der Waals surface area contributed by atoms with Crippen LogP contribution in [0.15, 0.2) is 12.7 Å². The van der Waals surface area contributed by atoms with E-state index < -0.39 is 18.3 Å². The molecule has 0 unspecified atom stereocenters. The van der Waals surface area contributed by atoms with E-state index >= 15 is 0 Å². The van der Waals surface area contributed by atoms with Crippen molar-refractivity contribution in [3.05, 3.63) is 12.7 Å². The van der Waals surface area contributed by atoms with Gasteiger partial charge in [0.15, 0.2) is 0 Å². The molecule has 0 fully saturated rings. The predicted molar refractivity (Wildman–Crippen MR) is 61.6 cm³/mol. The average Bonchev–Trinajstić information content (AvgIpc) is 2.21. The highest BCUT2D eigenvalue weighted by atomic mass is 16.4. The van der Waals surface area contributed by atoms with Crippen LogP contribution in [0.3, 0.4) is 0 Å². The van der Waals surface area contributed by atoms with Crippen molar-refractivity contribution in [3.8, 4) is 0 Å². The topological polar surface area (TPSA) is 60.7 Å². The zero-order valence-corrected chi connectivity index (χ0v) is 9.60. The van der Waals surface area contributed by atoms with Gasteiger partial charge in [0.25, 0.3) is 0 Å². The molecule has 0 spiro atoms. The highest BCUT2D eigenvalue weighted by Gasteiger charge is 2.20. The van der Waals surface area contributed by atoms with Crippen LogP contribution in [0.2, 0.25) is 0 Å². The summed E-state index contributed by atoms with van der Waals surface area (Å²) in [6.45, 7) is 5.13. The molecule has 3 heteroatoms. The molecule has 3 atom stereocenters. The molecule has 0 radical (unpaired) electrons. The second-order valence-corrected chi connectivity index (χ2v) is 4.08. The van der Waals surface area contributed by atoms with Crippen molar-refractivity contribution in [2.24, 2.45) is 0 Å². The van der Waals surface area contributed by atoms with E-state index in [1.807, 2.05) is 6.08 Å². The fourth-order valence-electron chi connectivity index (χ4n) is 1.49. The molecule has 0 amide bonds. The van der Waals surface area contributed by atoms with E-state index in [-0.39, 0.29) is 0 Å². The van der Waals surface area contributed by atoms with Crippen molar-refractivity contribution in [3.63, 3.8) is 0 Å². The molecule has 0 saturated carbocycles. The van der Waals surface area contributed by atoms with E-state index in [0.717, 1.165) is 32.1 Å². The summed E-state index contributed by atoms with van der Waals surface area (Å²) < 4.78 is 0. The molecule has 0 saturated heterocycles. The Morgan fingerprint density at radius 3 is 2.20 bits per heavy atom. The molecule has 0 rings (SSSR count). The molecule has 15 heavy (non-hydrogen) atoms. The van der Waals surface area contributed by atoms with Crippen LogP contribution < -0.4 is 0 Å². The maximum atomic E-state index is 9.46. The Kier molecular flexibility index (Phi) is 8.67. The Bertz CT molecular complexity index is 157. The number of hydrogen-bond donors (Lipinski definition) is 3. The summed E-state index contributed by atoms with van der Waals surface area (Å²) >= 11 is 0. The predicted octanol–water partition coefficient (Wildman–Crippen LogP) is 1.62. The summed E-state index contributed by atoms with van der Waals surface area (Å²) in [5.74, 6) is 0. The summed E-state index contributed by atoms with van der Waals surface area (Å²) in [4.78, 5) is 0. The van der Waals surface area contributed by atoms with Crippen molar-refractivity contribution in [1.82, 2.24) is 0 Å². The van der Waals surface area contributed by atoms with Gasteiger partial charge in [0, 0.05) is 0 Å². The van der Waals surface area contributed by atoms with Crippen LogP contribution in [0.1, 0.15) is 45.4 Å². The number of aliphatic hydroxyl groups is 3. The lowest BCUT2D eigenvalue weighted by Crippen LogP contribution is -2.35. The normalized spacial score (nSPS) is 17.1. The Morgan fingerprint density at radius 2 is 1.67 bits per heavy atom. The van der Waals surface area contributed by atoms with E-state index in [1.54, 1.807) is 0 Å². The van der Waals surface area contributed by atoms with Gasteiger partial charge in [-0.2, -0.15) is 0 Å². The van der Waals surface area contributed by atoms with Crippen LogP contribution in [-0.4, -0.2) is 33.6 Å². The molecular formula is C12H24O3. The van der Waals surface area contributed by atoms with Gasteiger partial charge in [0.1, 0.15) is 6.10 Å². The van der Waals surface area contributed by atoms with Crippen LogP contribution in [0, 0.1) is 0 Å². The van der Waals surface area contributed by atoms with Gasteiger partial charge in [-0.1, -0.05) is 25.3 Å². The van der Waals surface area contributed by atoms with Crippen molar-refractivity contribution in [2.45, 2.75) is 63.8 Å². The molecule has 0 aliphatic carbocycles. The van der Waals surface area contributed by atoms with Crippen molar-refractivity contribution < 1.29 is 15.3 Å². The third-order valence-electron chi connectivity index (χ3n) is 2.55. The minimum absolute atomic E-state index is 0.556. The van der Waals surface area contributed by atoms with Gasteiger partial charge >= 0.3 is 0 Å².